The summed E-state index contributed by atoms with van der Waals surface area (Å²) in [5.74, 6) is 2.50. The van der Waals surface area contributed by atoms with Crippen molar-refractivity contribution < 1.29 is 23.7 Å². The molecule has 1 aromatic heterocycles. The van der Waals surface area contributed by atoms with Crippen molar-refractivity contribution in [2.24, 2.45) is 0 Å². The molecule has 1 saturated heterocycles. The minimum atomic E-state index is -0.211. The molecule has 0 spiro atoms. The number of nitrogens with one attached hydrogen (secondary N) is 1. The monoisotopic (exact) mass is 489 g/mol. The van der Waals surface area contributed by atoms with E-state index < -0.39 is 0 Å². The summed E-state index contributed by atoms with van der Waals surface area (Å²) < 4.78 is 22.6. The Morgan fingerprint density at radius 1 is 1.00 bits per heavy atom. The van der Waals surface area contributed by atoms with E-state index in [0.717, 1.165) is 42.0 Å². The second-order valence-electron chi connectivity index (χ2n) is 8.84. The first-order valence-corrected chi connectivity index (χ1v) is 12.4. The average molecular weight is 490 g/mol. The Bertz CT molecular complexity index is 1240. The minimum Gasteiger partial charge on any atom is -0.486 e. The van der Waals surface area contributed by atoms with Crippen molar-refractivity contribution in [2.45, 2.75) is 20.3 Å². The van der Waals surface area contributed by atoms with Gasteiger partial charge in [0.2, 0.25) is 5.88 Å². The fourth-order valence-corrected chi connectivity index (χ4v) is 4.28. The van der Waals surface area contributed by atoms with E-state index in [4.69, 9.17) is 23.9 Å². The van der Waals surface area contributed by atoms with Crippen molar-refractivity contribution >= 4 is 17.4 Å². The SMILES string of the molecule is CCCOc1cc(-c2cc(NC(=O)c3ccc4c(c3)OCCO4)ccc2C)cc(N2CCOCC2)n1. The van der Waals surface area contributed by atoms with Crippen LogP contribution in [0.1, 0.15) is 29.3 Å². The van der Waals surface area contributed by atoms with Gasteiger partial charge in [0, 0.05) is 30.4 Å². The van der Waals surface area contributed by atoms with Crippen LogP contribution in [0.25, 0.3) is 11.1 Å². The van der Waals surface area contributed by atoms with E-state index in [9.17, 15) is 4.79 Å². The molecule has 36 heavy (non-hydrogen) atoms. The fourth-order valence-electron chi connectivity index (χ4n) is 4.28. The summed E-state index contributed by atoms with van der Waals surface area (Å²) in [5, 5.41) is 3.02. The molecule has 2 aromatic carbocycles. The van der Waals surface area contributed by atoms with Crippen LogP contribution in [0.4, 0.5) is 11.5 Å². The van der Waals surface area contributed by atoms with Gasteiger partial charge in [0.15, 0.2) is 11.5 Å². The van der Waals surface area contributed by atoms with Gasteiger partial charge in [-0.3, -0.25) is 4.79 Å². The highest BCUT2D eigenvalue weighted by Gasteiger charge is 2.18. The van der Waals surface area contributed by atoms with Crippen LogP contribution >= 0.6 is 0 Å². The van der Waals surface area contributed by atoms with Gasteiger partial charge in [0.25, 0.3) is 5.91 Å². The molecule has 0 radical (unpaired) electrons. The van der Waals surface area contributed by atoms with Crippen molar-refractivity contribution in [3.8, 4) is 28.5 Å². The first kappa shape index (κ1) is 23.9. The molecule has 188 valence electrons. The van der Waals surface area contributed by atoms with Gasteiger partial charge in [-0.25, -0.2) is 0 Å². The summed E-state index contributed by atoms with van der Waals surface area (Å²) >= 11 is 0. The predicted octanol–water partition coefficient (Wildman–Crippen LogP) is 4.71. The smallest absolute Gasteiger partial charge is 0.255 e. The Labute approximate surface area is 211 Å². The van der Waals surface area contributed by atoms with Crippen molar-refractivity contribution in [1.29, 1.82) is 0 Å². The number of pyridine rings is 1. The Morgan fingerprint density at radius 2 is 1.81 bits per heavy atom. The number of rotatable bonds is 7. The van der Waals surface area contributed by atoms with Crippen molar-refractivity contribution in [1.82, 2.24) is 4.98 Å². The van der Waals surface area contributed by atoms with Crippen LogP contribution in [0.2, 0.25) is 0 Å². The Balaban J connectivity index is 1.42. The molecule has 0 atom stereocenters. The number of aromatic nitrogens is 1. The third kappa shape index (κ3) is 5.39. The first-order valence-electron chi connectivity index (χ1n) is 12.4. The van der Waals surface area contributed by atoms with E-state index in [1.54, 1.807) is 18.2 Å². The van der Waals surface area contributed by atoms with Gasteiger partial charge in [0.1, 0.15) is 19.0 Å². The maximum atomic E-state index is 13.0. The quantitative estimate of drug-likeness (QED) is 0.515. The van der Waals surface area contributed by atoms with Crippen LogP contribution in [0.3, 0.4) is 0 Å². The van der Waals surface area contributed by atoms with Gasteiger partial charge in [-0.05, 0) is 66.4 Å². The normalized spacial score (nSPS) is 14.9. The first-order chi connectivity index (χ1) is 17.6. The van der Waals surface area contributed by atoms with E-state index in [-0.39, 0.29) is 5.91 Å². The highest BCUT2D eigenvalue weighted by molar-refractivity contribution is 6.05. The van der Waals surface area contributed by atoms with E-state index in [2.05, 4.69) is 30.1 Å². The predicted molar refractivity (Wildman–Crippen MR) is 139 cm³/mol. The number of ether oxygens (including phenoxy) is 4. The van der Waals surface area contributed by atoms with Gasteiger partial charge < -0.3 is 29.2 Å². The van der Waals surface area contributed by atoms with Gasteiger partial charge in [0.05, 0.1) is 19.8 Å². The molecule has 5 rings (SSSR count). The van der Waals surface area contributed by atoms with E-state index in [0.29, 0.717) is 61.7 Å². The van der Waals surface area contributed by atoms with E-state index >= 15 is 0 Å². The number of amides is 1. The zero-order valence-electron chi connectivity index (χ0n) is 20.7. The summed E-state index contributed by atoms with van der Waals surface area (Å²) in [4.78, 5) is 20.0. The molecule has 3 heterocycles. The van der Waals surface area contributed by atoms with Gasteiger partial charge in [-0.2, -0.15) is 4.98 Å². The van der Waals surface area contributed by atoms with Crippen LogP contribution in [-0.2, 0) is 4.74 Å². The van der Waals surface area contributed by atoms with Crippen LogP contribution in [-0.4, -0.2) is 57.0 Å². The third-order valence-corrected chi connectivity index (χ3v) is 6.19. The molecule has 2 aliphatic rings. The summed E-state index contributed by atoms with van der Waals surface area (Å²) in [5.41, 5.74) is 4.30. The highest BCUT2D eigenvalue weighted by atomic mass is 16.6. The number of anilines is 2. The van der Waals surface area contributed by atoms with E-state index in [1.165, 1.54) is 0 Å². The van der Waals surface area contributed by atoms with Crippen LogP contribution in [0, 0.1) is 6.92 Å². The summed E-state index contributed by atoms with van der Waals surface area (Å²) in [6, 6.07) is 15.2. The van der Waals surface area contributed by atoms with Crippen LogP contribution in [0.15, 0.2) is 48.5 Å². The second kappa shape index (κ2) is 10.9. The molecule has 2 aliphatic heterocycles. The third-order valence-electron chi connectivity index (χ3n) is 6.19. The number of fused-ring (bicyclic) bond motifs is 1. The molecule has 0 unspecified atom stereocenters. The lowest BCUT2D eigenvalue weighted by atomic mass is 10.00. The molecular formula is C28H31N3O5. The molecular weight excluding hydrogens is 458 g/mol. The zero-order chi connectivity index (χ0) is 24.9. The van der Waals surface area contributed by atoms with Gasteiger partial charge in [-0.15, -0.1) is 0 Å². The summed E-state index contributed by atoms with van der Waals surface area (Å²) in [6.07, 6.45) is 0.902. The van der Waals surface area contributed by atoms with Crippen molar-refractivity contribution in [3.63, 3.8) is 0 Å². The van der Waals surface area contributed by atoms with Crippen LogP contribution < -0.4 is 24.4 Å². The molecule has 1 N–H and O–H groups in total. The molecule has 0 bridgehead atoms. The van der Waals surface area contributed by atoms with Crippen molar-refractivity contribution in [3.05, 3.63) is 59.7 Å². The lowest BCUT2D eigenvalue weighted by Gasteiger charge is -2.28. The maximum absolute atomic E-state index is 13.0. The molecule has 1 amide bonds. The number of benzene rings is 2. The fraction of sp³-hybridized carbons (Fsp3) is 0.357. The van der Waals surface area contributed by atoms with Crippen molar-refractivity contribution in [2.75, 3.05) is 56.3 Å². The Hall–Kier alpha value is -3.78. The van der Waals surface area contributed by atoms with Gasteiger partial charge >= 0.3 is 0 Å². The lowest BCUT2D eigenvalue weighted by molar-refractivity contribution is 0.102. The number of hydrogen-bond acceptors (Lipinski definition) is 7. The largest absolute Gasteiger partial charge is 0.486 e. The molecule has 1 fully saturated rings. The average Bonchev–Trinajstić information content (AvgIpc) is 2.93. The standard InChI is InChI=1S/C28H31N3O5/c1-3-10-36-27-17-21(16-26(30-27)31-8-11-33-12-9-31)23-18-22(6-4-19(23)2)29-28(32)20-5-7-24-25(15-20)35-14-13-34-24/h4-7,15-18H,3,8-14H2,1-2H3,(H,29,32). The highest BCUT2D eigenvalue weighted by Crippen LogP contribution is 2.33. The number of morpholine rings is 1. The van der Waals surface area contributed by atoms with Crippen LogP contribution in [0.5, 0.6) is 17.4 Å². The molecule has 8 nitrogen and oxygen atoms in total. The molecule has 3 aromatic rings. The zero-order valence-corrected chi connectivity index (χ0v) is 20.7. The molecule has 0 saturated carbocycles. The molecule has 8 heteroatoms. The number of aryl methyl sites for hydroxylation is 1. The van der Waals surface area contributed by atoms with E-state index in [1.807, 2.05) is 24.3 Å². The Kier molecular flexibility index (Phi) is 7.23. The molecule has 0 aliphatic carbocycles. The number of nitrogens with zero attached hydrogens (tertiary/aromatic N) is 2. The number of hydrogen-bond donors (Lipinski definition) is 1. The number of carbonyl (C=O) groups is 1. The topological polar surface area (TPSA) is 82.2 Å². The number of carbonyl (C=O) groups excluding carboxylic acids is 1. The Morgan fingerprint density at radius 3 is 2.61 bits per heavy atom. The summed E-state index contributed by atoms with van der Waals surface area (Å²) in [7, 11) is 0. The maximum Gasteiger partial charge on any atom is 0.255 e. The lowest BCUT2D eigenvalue weighted by Crippen LogP contribution is -2.36. The summed E-state index contributed by atoms with van der Waals surface area (Å²) in [6.45, 7) is 8.65. The van der Waals surface area contributed by atoms with Gasteiger partial charge in [-0.1, -0.05) is 13.0 Å². The second-order valence-corrected chi connectivity index (χ2v) is 8.84. The minimum absolute atomic E-state index is 0.211.